The van der Waals surface area contributed by atoms with E-state index in [0.717, 1.165) is 16.7 Å². The third kappa shape index (κ3) is 5.40. The molecule has 0 saturated heterocycles. The van der Waals surface area contributed by atoms with Gasteiger partial charge in [-0.05, 0) is 25.1 Å². The molecule has 2 aromatic heterocycles. The number of alkyl halides is 3. The highest BCUT2D eigenvalue weighted by Gasteiger charge is 2.30. The fourth-order valence-electron chi connectivity index (χ4n) is 2.90. The molecular formula is C20H16ClF5N4O3. The van der Waals surface area contributed by atoms with Crippen molar-refractivity contribution in [2.45, 2.75) is 26.3 Å². The van der Waals surface area contributed by atoms with Crippen molar-refractivity contribution in [3.05, 3.63) is 68.9 Å². The van der Waals surface area contributed by atoms with Crippen LogP contribution in [0.15, 0.2) is 35.3 Å². The van der Waals surface area contributed by atoms with Crippen molar-refractivity contribution in [3.63, 3.8) is 0 Å². The number of hydrogen-bond acceptors (Lipinski definition) is 5. The van der Waals surface area contributed by atoms with Crippen LogP contribution in [-0.2, 0) is 13.2 Å². The molecule has 0 unspecified atom stereocenters. The highest BCUT2D eigenvalue weighted by Crippen LogP contribution is 2.34. The van der Waals surface area contributed by atoms with Crippen molar-refractivity contribution in [3.8, 4) is 11.4 Å². The Hall–Kier alpha value is -3.25. The van der Waals surface area contributed by atoms with Crippen LogP contribution in [0.2, 0.25) is 5.02 Å². The molecule has 0 spiro atoms. The standard InChI is InChI=1S/C20H16ClF5N4O3/c1-2-29-18(9-31)28-30(19(29)32)16-8-17(33-10-20(24,25)26)11(6-14(16)23)13(22)7-15-12(21)4-3-5-27-15/h3-8,31H,2,9-10H2,1H3/b13-7-. The maximum absolute atomic E-state index is 15.0. The molecule has 3 rings (SSSR count). The lowest BCUT2D eigenvalue weighted by molar-refractivity contribution is -0.153. The molecule has 0 saturated carbocycles. The van der Waals surface area contributed by atoms with Gasteiger partial charge in [-0.1, -0.05) is 11.6 Å². The minimum absolute atomic E-state index is 0.0478. The monoisotopic (exact) mass is 490 g/mol. The van der Waals surface area contributed by atoms with Crippen LogP contribution in [0.1, 0.15) is 24.0 Å². The number of halogens is 6. The molecule has 0 amide bonds. The van der Waals surface area contributed by atoms with Gasteiger partial charge in [0.2, 0.25) is 0 Å². The van der Waals surface area contributed by atoms with Gasteiger partial charge in [-0.25, -0.2) is 13.6 Å². The zero-order valence-corrected chi connectivity index (χ0v) is 17.7. The number of nitrogens with zero attached hydrogens (tertiary/aromatic N) is 4. The molecule has 0 radical (unpaired) electrons. The second kappa shape index (κ2) is 9.71. The molecule has 0 aliphatic carbocycles. The number of aromatic nitrogens is 4. The van der Waals surface area contributed by atoms with E-state index in [4.69, 9.17) is 16.3 Å². The molecule has 176 valence electrons. The van der Waals surface area contributed by atoms with Gasteiger partial charge in [-0.15, -0.1) is 5.10 Å². The molecule has 0 aliphatic rings. The largest absolute Gasteiger partial charge is 0.483 e. The van der Waals surface area contributed by atoms with Gasteiger partial charge in [0.25, 0.3) is 0 Å². The molecule has 1 aromatic carbocycles. The Morgan fingerprint density at radius 1 is 1.33 bits per heavy atom. The fraction of sp³-hybridized carbons (Fsp3) is 0.250. The molecule has 33 heavy (non-hydrogen) atoms. The average molecular weight is 491 g/mol. The van der Waals surface area contributed by atoms with E-state index in [1.54, 1.807) is 6.92 Å². The first-order chi connectivity index (χ1) is 15.6. The molecule has 13 heteroatoms. The van der Waals surface area contributed by atoms with E-state index in [2.05, 4.69) is 10.1 Å². The first kappa shape index (κ1) is 24.4. The van der Waals surface area contributed by atoms with Crippen LogP contribution < -0.4 is 10.4 Å². The Bertz CT molecular complexity index is 1250. The van der Waals surface area contributed by atoms with E-state index in [-0.39, 0.29) is 23.1 Å². The second-order valence-corrected chi connectivity index (χ2v) is 6.99. The summed E-state index contributed by atoms with van der Waals surface area (Å²) in [4.78, 5) is 16.4. The molecule has 3 aromatic rings. The van der Waals surface area contributed by atoms with Crippen molar-refractivity contribution in [1.29, 1.82) is 0 Å². The average Bonchev–Trinajstić information content (AvgIpc) is 3.08. The summed E-state index contributed by atoms with van der Waals surface area (Å²) in [6.07, 6.45) is -2.66. The minimum atomic E-state index is -4.78. The van der Waals surface area contributed by atoms with E-state index in [1.165, 1.54) is 18.3 Å². The number of aliphatic hydroxyl groups excluding tert-OH is 1. The van der Waals surface area contributed by atoms with Crippen molar-refractivity contribution < 1.29 is 31.8 Å². The third-order valence-electron chi connectivity index (χ3n) is 4.37. The minimum Gasteiger partial charge on any atom is -0.483 e. The molecule has 0 atom stereocenters. The SMILES string of the molecule is CCn1c(CO)nn(-c2cc(OCC(F)(F)F)c(/C(F)=C/c3ncccc3Cl)cc2F)c1=O. The Balaban J connectivity index is 2.17. The van der Waals surface area contributed by atoms with Crippen LogP contribution >= 0.6 is 11.6 Å². The lowest BCUT2D eigenvalue weighted by atomic mass is 10.1. The Morgan fingerprint density at radius 2 is 2.06 bits per heavy atom. The summed E-state index contributed by atoms with van der Waals surface area (Å²) in [6.45, 7) is -0.779. The fourth-order valence-corrected chi connectivity index (χ4v) is 3.08. The summed E-state index contributed by atoms with van der Waals surface area (Å²) in [5.74, 6) is -3.15. The summed E-state index contributed by atoms with van der Waals surface area (Å²) in [7, 11) is 0. The van der Waals surface area contributed by atoms with E-state index >= 15 is 0 Å². The quantitative estimate of drug-likeness (QED) is 0.503. The lowest BCUT2D eigenvalue weighted by Crippen LogP contribution is -2.25. The Morgan fingerprint density at radius 3 is 2.64 bits per heavy atom. The summed E-state index contributed by atoms with van der Waals surface area (Å²) < 4.78 is 74.4. The molecule has 2 heterocycles. The van der Waals surface area contributed by atoms with Gasteiger partial charge in [0.05, 0.1) is 16.3 Å². The zero-order chi connectivity index (χ0) is 24.3. The van der Waals surface area contributed by atoms with Gasteiger partial charge >= 0.3 is 11.9 Å². The summed E-state index contributed by atoms with van der Waals surface area (Å²) >= 11 is 5.92. The van der Waals surface area contributed by atoms with Crippen molar-refractivity contribution in [1.82, 2.24) is 19.3 Å². The number of pyridine rings is 1. The Labute approximate surface area is 188 Å². The van der Waals surface area contributed by atoms with E-state index in [1.807, 2.05) is 0 Å². The number of rotatable bonds is 7. The van der Waals surface area contributed by atoms with E-state index < -0.39 is 53.7 Å². The van der Waals surface area contributed by atoms with Crippen LogP contribution in [0.4, 0.5) is 22.0 Å². The van der Waals surface area contributed by atoms with E-state index in [9.17, 15) is 31.9 Å². The first-order valence-corrected chi connectivity index (χ1v) is 9.74. The van der Waals surface area contributed by atoms with Crippen LogP contribution in [0, 0.1) is 5.82 Å². The number of hydrogen-bond donors (Lipinski definition) is 1. The third-order valence-corrected chi connectivity index (χ3v) is 4.69. The maximum Gasteiger partial charge on any atom is 0.422 e. The predicted octanol–water partition coefficient (Wildman–Crippen LogP) is 4.14. The molecule has 7 nitrogen and oxygen atoms in total. The lowest BCUT2D eigenvalue weighted by Gasteiger charge is -2.14. The molecular weight excluding hydrogens is 475 g/mol. The smallest absolute Gasteiger partial charge is 0.422 e. The van der Waals surface area contributed by atoms with Gasteiger partial charge < -0.3 is 9.84 Å². The molecule has 0 bridgehead atoms. The van der Waals surface area contributed by atoms with E-state index in [0.29, 0.717) is 10.7 Å². The van der Waals surface area contributed by atoms with Crippen LogP contribution in [0.5, 0.6) is 5.75 Å². The summed E-state index contributed by atoms with van der Waals surface area (Å²) in [5.41, 5.74) is -2.15. The number of ether oxygens (including phenoxy) is 1. The molecule has 1 N–H and O–H groups in total. The van der Waals surface area contributed by atoms with Crippen molar-refractivity contribution in [2.24, 2.45) is 0 Å². The highest BCUT2D eigenvalue weighted by molar-refractivity contribution is 6.32. The summed E-state index contributed by atoms with van der Waals surface area (Å²) in [5, 5.41) is 13.2. The normalized spacial score (nSPS) is 12.3. The van der Waals surface area contributed by atoms with Crippen molar-refractivity contribution >= 4 is 23.5 Å². The van der Waals surface area contributed by atoms with Crippen molar-refractivity contribution in [2.75, 3.05) is 6.61 Å². The molecule has 0 fully saturated rings. The van der Waals surface area contributed by atoms with Gasteiger partial charge in [-0.2, -0.15) is 17.9 Å². The second-order valence-electron chi connectivity index (χ2n) is 6.58. The number of aliphatic hydroxyl groups is 1. The Kier molecular flexibility index (Phi) is 7.18. The predicted molar refractivity (Wildman–Crippen MR) is 109 cm³/mol. The zero-order valence-electron chi connectivity index (χ0n) is 16.9. The number of benzene rings is 1. The van der Waals surface area contributed by atoms with Crippen LogP contribution in [0.3, 0.4) is 0 Å². The van der Waals surface area contributed by atoms with Crippen LogP contribution in [0.25, 0.3) is 17.6 Å². The summed E-state index contributed by atoms with van der Waals surface area (Å²) in [6, 6.07) is 4.19. The van der Waals surface area contributed by atoms with Gasteiger partial charge in [0.15, 0.2) is 12.4 Å². The van der Waals surface area contributed by atoms with Crippen LogP contribution in [-0.4, -0.2) is 37.2 Å². The van der Waals surface area contributed by atoms with Gasteiger partial charge in [-0.3, -0.25) is 9.55 Å². The topological polar surface area (TPSA) is 82.2 Å². The highest BCUT2D eigenvalue weighted by atomic mass is 35.5. The molecule has 0 aliphatic heterocycles. The maximum atomic E-state index is 15.0. The van der Waals surface area contributed by atoms with Gasteiger partial charge in [0, 0.05) is 24.9 Å². The first-order valence-electron chi connectivity index (χ1n) is 9.36. The van der Waals surface area contributed by atoms with Gasteiger partial charge in [0.1, 0.15) is 29.7 Å².